The van der Waals surface area contributed by atoms with Crippen molar-refractivity contribution in [1.82, 2.24) is 25.1 Å². The summed E-state index contributed by atoms with van der Waals surface area (Å²) in [7, 11) is 0. The fourth-order valence-electron chi connectivity index (χ4n) is 5.01. The van der Waals surface area contributed by atoms with Gasteiger partial charge in [0, 0.05) is 23.2 Å². The third kappa shape index (κ3) is 2.60. The highest BCUT2D eigenvalue weighted by Crippen LogP contribution is 2.45. The van der Waals surface area contributed by atoms with E-state index in [-0.39, 0.29) is 17.3 Å². The van der Waals surface area contributed by atoms with Gasteiger partial charge in [0.25, 0.3) is 0 Å². The zero-order chi connectivity index (χ0) is 20.5. The molecule has 3 aromatic heterocycles. The van der Waals surface area contributed by atoms with Crippen molar-refractivity contribution in [3.05, 3.63) is 35.5 Å². The van der Waals surface area contributed by atoms with Crippen LogP contribution in [0.4, 0.5) is 4.39 Å². The van der Waals surface area contributed by atoms with Gasteiger partial charge >= 0.3 is 0 Å². The highest BCUT2D eigenvalue weighted by atomic mass is 32.1. The van der Waals surface area contributed by atoms with E-state index < -0.39 is 6.17 Å². The summed E-state index contributed by atoms with van der Waals surface area (Å²) in [6, 6.07) is 7.22. The molecule has 2 aliphatic rings. The van der Waals surface area contributed by atoms with Gasteiger partial charge in [-0.2, -0.15) is 0 Å². The average molecular weight is 424 g/mol. The van der Waals surface area contributed by atoms with E-state index >= 15 is 4.39 Å². The molecule has 1 unspecified atom stereocenters. The quantitative estimate of drug-likeness (QED) is 0.496. The molecule has 30 heavy (non-hydrogen) atoms. The lowest BCUT2D eigenvalue weighted by atomic mass is 9.69. The summed E-state index contributed by atoms with van der Waals surface area (Å²) in [5.41, 5.74) is 2.36. The Morgan fingerprint density at radius 2 is 2.13 bits per heavy atom. The van der Waals surface area contributed by atoms with Crippen LogP contribution in [0.3, 0.4) is 0 Å². The lowest BCUT2D eigenvalue weighted by molar-refractivity contribution is 0.00656. The van der Waals surface area contributed by atoms with Crippen LogP contribution >= 0.6 is 11.3 Å². The summed E-state index contributed by atoms with van der Waals surface area (Å²) in [6.45, 7) is 2.76. The predicted molar refractivity (Wildman–Crippen MR) is 116 cm³/mol. The van der Waals surface area contributed by atoms with Gasteiger partial charge in [0.05, 0.1) is 32.5 Å². The van der Waals surface area contributed by atoms with Gasteiger partial charge in [-0.05, 0) is 57.4 Å². The van der Waals surface area contributed by atoms with E-state index in [0.717, 1.165) is 52.8 Å². The van der Waals surface area contributed by atoms with Crippen LogP contribution in [0.5, 0.6) is 5.75 Å². The number of rotatable bonds is 2. The number of benzene rings is 1. The second kappa shape index (κ2) is 6.46. The Labute approximate surface area is 176 Å². The van der Waals surface area contributed by atoms with Crippen molar-refractivity contribution in [2.24, 2.45) is 0 Å². The molecular formula is C22H22FN5OS. The number of aryl methyl sites for hydroxylation is 1. The lowest BCUT2D eigenvalue weighted by Crippen LogP contribution is -2.63. The number of nitrogens with one attached hydrogen (secondary N) is 1. The number of phenols is 1. The van der Waals surface area contributed by atoms with Crippen LogP contribution in [-0.4, -0.2) is 43.1 Å². The molecule has 6 rings (SSSR count). The Kier molecular flexibility index (Phi) is 3.92. The summed E-state index contributed by atoms with van der Waals surface area (Å²) >= 11 is 1.55. The summed E-state index contributed by atoms with van der Waals surface area (Å²) < 4.78 is 18.3. The SMILES string of the molecule is Cc1nc2cc(-c3cc4ccn(C5CCNC6(CCC6)[C@@H]5F)c4nn3)c(O)cc2s1. The van der Waals surface area contributed by atoms with E-state index in [1.165, 1.54) is 0 Å². The number of piperidine rings is 1. The van der Waals surface area contributed by atoms with Crippen LogP contribution in [0, 0.1) is 6.92 Å². The third-order valence-electron chi connectivity index (χ3n) is 6.74. The summed E-state index contributed by atoms with van der Waals surface area (Å²) in [4.78, 5) is 4.51. The van der Waals surface area contributed by atoms with Gasteiger partial charge in [-0.1, -0.05) is 0 Å². The smallest absolute Gasteiger partial charge is 0.162 e. The minimum absolute atomic E-state index is 0.160. The minimum Gasteiger partial charge on any atom is -0.507 e. The molecule has 2 fully saturated rings. The van der Waals surface area contributed by atoms with Crippen LogP contribution in [0.1, 0.15) is 36.7 Å². The number of alkyl halides is 1. The normalized spacial score (nSPS) is 23.3. The third-order valence-corrected chi connectivity index (χ3v) is 7.67. The molecule has 1 aliphatic heterocycles. The zero-order valence-electron chi connectivity index (χ0n) is 16.6. The molecule has 1 saturated heterocycles. The maximum atomic E-state index is 15.4. The minimum atomic E-state index is -0.934. The summed E-state index contributed by atoms with van der Waals surface area (Å²) in [5.74, 6) is 0.160. The molecule has 0 bridgehead atoms. The van der Waals surface area contributed by atoms with Crippen molar-refractivity contribution in [1.29, 1.82) is 0 Å². The fourth-order valence-corrected chi connectivity index (χ4v) is 5.85. The Hall–Kier alpha value is -2.58. The number of hydrogen-bond acceptors (Lipinski definition) is 6. The topological polar surface area (TPSA) is 75.9 Å². The molecular weight excluding hydrogens is 401 g/mol. The van der Waals surface area contributed by atoms with Crippen molar-refractivity contribution in [3.8, 4) is 17.0 Å². The number of aromatic nitrogens is 4. The van der Waals surface area contributed by atoms with E-state index in [1.54, 1.807) is 17.4 Å². The highest BCUT2D eigenvalue weighted by molar-refractivity contribution is 7.18. The largest absolute Gasteiger partial charge is 0.507 e. The fraction of sp³-hybridized carbons (Fsp3) is 0.409. The van der Waals surface area contributed by atoms with Crippen molar-refractivity contribution in [2.45, 2.75) is 50.4 Å². The number of aromatic hydroxyl groups is 1. The maximum absolute atomic E-state index is 15.4. The van der Waals surface area contributed by atoms with Crippen molar-refractivity contribution in [3.63, 3.8) is 0 Å². The van der Waals surface area contributed by atoms with E-state index in [0.29, 0.717) is 16.9 Å². The number of halogens is 1. The second-order valence-electron chi connectivity index (χ2n) is 8.50. The average Bonchev–Trinajstić information content (AvgIpc) is 3.28. The van der Waals surface area contributed by atoms with Crippen LogP contribution in [0.25, 0.3) is 32.5 Å². The van der Waals surface area contributed by atoms with E-state index in [9.17, 15) is 5.11 Å². The number of thiazole rings is 1. The molecule has 4 aromatic rings. The first-order valence-electron chi connectivity index (χ1n) is 10.4. The number of hydrogen-bond donors (Lipinski definition) is 2. The Morgan fingerprint density at radius 1 is 1.27 bits per heavy atom. The van der Waals surface area contributed by atoms with Crippen LogP contribution < -0.4 is 5.32 Å². The molecule has 6 nitrogen and oxygen atoms in total. The van der Waals surface area contributed by atoms with Crippen LogP contribution in [0.15, 0.2) is 30.5 Å². The Balaban J connectivity index is 1.40. The predicted octanol–water partition coefficient (Wildman–Crippen LogP) is 4.52. The highest BCUT2D eigenvalue weighted by Gasteiger charge is 2.50. The van der Waals surface area contributed by atoms with Gasteiger partial charge in [-0.25, -0.2) is 9.37 Å². The number of phenolic OH excluding ortho intramolecular Hbond substituents is 1. The van der Waals surface area contributed by atoms with Gasteiger partial charge in [-0.15, -0.1) is 21.5 Å². The Bertz CT molecular complexity index is 1280. The molecule has 1 aliphatic carbocycles. The number of nitrogens with zero attached hydrogens (tertiary/aromatic N) is 4. The standard InChI is InChI=1S/C22H22FN5OS/c1-12-25-16-10-14(18(29)11-19(16)30-12)15-9-13-4-8-28(21(13)27-26-15)17-3-7-24-22(20(17)23)5-2-6-22/h4,8-11,17,20,24,29H,2-3,5-7H2,1H3/t17?,20-/m1/s1. The molecule has 4 heterocycles. The van der Waals surface area contributed by atoms with Gasteiger partial charge in [-0.3, -0.25) is 0 Å². The first kappa shape index (κ1) is 18.2. The van der Waals surface area contributed by atoms with Crippen molar-refractivity contribution >= 4 is 32.6 Å². The first-order chi connectivity index (χ1) is 14.5. The molecule has 2 atom stereocenters. The van der Waals surface area contributed by atoms with Gasteiger partial charge in [0.2, 0.25) is 0 Å². The first-order valence-corrected chi connectivity index (χ1v) is 11.2. The molecule has 1 spiro atoms. The Morgan fingerprint density at radius 3 is 2.93 bits per heavy atom. The second-order valence-corrected chi connectivity index (χ2v) is 9.73. The van der Waals surface area contributed by atoms with Gasteiger partial charge in [0.1, 0.15) is 11.9 Å². The van der Waals surface area contributed by atoms with Crippen molar-refractivity contribution in [2.75, 3.05) is 6.54 Å². The van der Waals surface area contributed by atoms with Gasteiger partial charge in [0.15, 0.2) is 5.65 Å². The molecule has 1 saturated carbocycles. The van der Waals surface area contributed by atoms with Gasteiger partial charge < -0.3 is 15.0 Å². The summed E-state index contributed by atoms with van der Waals surface area (Å²) in [6.07, 6.45) is 4.61. The summed E-state index contributed by atoms with van der Waals surface area (Å²) in [5, 5.41) is 24.6. The molecule has 154 valence electrons. The molecule has 8 heteroatoms. The maximum Gasteiger partial charge on any atom is 0.162 e. The van der Waals surface area contributed by atoms with Crippen LogP contribution in [0.2, 0.25) is 0 Å². The molecule has 2 N–H and O–H groups in total. The van der Waals surface area contributed by atoms with E-state index in [2.05, 4.69) is 20.5 Å². The van der Waals surface area contributed by atoms with E-state index in [4.69, 9.17) is 0 Å². The zero-order valence-corrected chi connectivity index (χ0v) is 17.4. The molecule has 0 amide bonds. The molecule has 0 radical (unpaired) electrons. The van der Waals surface area contributed by atoms with Crippen molar-refractivity contribution < 1.29 is 9.50 Å². The monoisotopic (exact) mass is 423 g/mol. The van der Waals surface area contributed by atoms with Crippen LogP contribution in [-0.2, 0) is 0 Å². The lowest BCUT2D eigenvalue weighted by Gasteiger charge is -2.51. The number of fused-ring (bicyclic) bond motifs is 2. The molecule has 1 aromatic carbocycles. The van der Waals surface area contributed by atoms with E-state index in [1.807, 2.05) is 35.9 Å².